The highest BCUT2D eigenvalue weighted by molar-refractivity contribution is 6.04. The van der Waals surface area contributed by atoms with Crippen molar-refractivity contribution < 1.29 is 14.3 Å². The summed E-state index contributed by atoms with van der Waals surface area (Å²) in [7, 11) is 1.65. The number of rotatable bonds is 4. The molecule has 1 aromatic carbocycles. The van der Waals surface area contributed by atoms with Crippen LogP contribution in [0.15, 0.2) is 24.3 Å². The van der Waals surface area contributed by atoms with Crippen LogP contribution in [0.5, 0.6) is 5.75 Å². The number of aromatic nitrogens is 1. The maximum Gasteiger partial charge on any atom is 0.271 e. The number of nitrogens with one attached hydrogen (secondary N) is 1. The van der Waals surface area contributed by atoms with Crippen molar-refractivity contribution in [3.8, 4) is 5.75 Å². The monoisotopic (exact) mass is 465 g/mol. The average molecular weight is 466 g/mol. The molecule has 2 fully saturated rings. The van der Waals surface area contributed by atoms with Gasteiger partial charge in [0.05, 0.1) is 19.2 Å². The fourth-order valence-electron chi connectivity index (χ4n) is 6.64. The molecule has 0 spiro atoms. The summed E-state index contributed by atoms with van der Waals surface area (Å²) in [6.07, 6.45) is 8.86. The normalized spacial score (nSPS) is 30.3. The molecule has 2 amide bonds. The molecule has 2 aromatic rings. The fraction of sp³-hybridized carbons (Fsp3) is 0.643. The van der Waals surface area contributed by atoms with Crippen LogP contribution in [0.2, 0.25) is 0 Å². The van der Waals surface area contributed by atoms with Gasteiger partial charge in [0.2, 0.25) is 5.91 Å². The van der Waals surface area contributed by atoms with Crippen LogP contribution in [0, 0.1) is 11.8 Å². The zero-order valence-corrected chi connectivity index (χ0v) is 21.1. The third-order valence-electron chi connectivity index (χ3n) is 8.97. The summed E-state index contributed by atoms with van der Waals surface area (Å²) in [6.45, 7) is 7.00. The highest BCUT2D eigenvalue weighted by Crippen LogP contribution is 2.41. The molecule has 2 heterocycles. The van der Waals surface area contributed by atoms with Gasteiger partial charge in [0.15, 0.2) is 0 Å². The van der Waals surface area contributed by atoms with Crippen molar-refractivity contribution in [2.75, 3.05) is 7.11 Å². The van der Waals surface area contributed by atoms with Crippen molar-refractivity contribution in [2.24, 2.45) is 11.8 Å². The molecule has 2 aliphatic carbocycles. The Morgan fingerprint density at radius 3 is 2.56 bits per heavy atom. The quantitative estimate of drug-likeness (QED) is 0.680. The standard InChI is InChI=1S/C28H39N3O3/c1-18-9-8-12-23(19(18)2)31-26(32)25-15-20-13-14-22(34-4)16-24(20)30(25)17-28(31,3)27(33)29-21-10-6-5-7-11-21/h13-16,18-19,21,23H,5-12,17H2,1-4H3,(H,29,33)/t18-,19+,23+,28+/m0/s1. The van der Waals surface area contributed by atoms with E-state index in [1.54, 1.807) is 7.11 Å². The molecule has 1 N–H and O–H groups in total. The molecule has 3 aliphatic rings. The van der Waals surface area contributed by atoms with E-state index in [4.69, 9.17) is 4.74 Å². The number of fused-ring (bicyclic) bond motifs is 3. The molecule has 184 valence electrons. The van der Waals surface area contributed by atoms with Crippen LogP contribution >= 0.6 is 0 Å². The number of amides is 2. The minimum atomic E-state index is -0.938. The van der Waals surface area contributed by atoms with E-state index in [0.717, 1.165) is 55.2 Å². The Balaban J connectivity index is 1.59. The number of hydrogen-bond acceptors (Lipinski definition) is 3. The maximum absolute atomic E-state index is 14.2. The zero-order valence-electron chi connectivity index (χ0n) is 21.1. The minimum Gasteiger partial charge on any atom is -0.497 e. The van der Waals surface area contributed by atoms with Crippen molar-refractivity contribution in [2.45, 2.75) is 96.3 Å². The summed E-state index contributed by atoms with van der Waals surface area (Å²) in [5.41, 5.74) is 0.688. The molecule has 1 aromatic heterocycles. The maximum atomic E-state index is 14.2. The van der Waals surface area contributed by atoms with Crippen LogP contribution in [-0.4, -0.2) is 46.0 Å². The van der Waals surface area contributed by atoms with Crippen molar-refractivity contribution in [1.82, 2.24) is 14.8 Å². The lowest BCUT2D eigenvalue weighted by molar-refractivity contribution is -0.136. The molecule has 6 nitrogen and oxygen atoms in total. The molecule has 0 unspecified atom stereocenters. The van der Waals surface area contributed by atoms with Crippen molar-refractivity contribution in [1.29, 1.82) is 0 Å². The highest BCUT2D eigenvalue weighted by Gasteiger charge is 2.52. The second-order valence-corrected chi connectivity index (χ2v) is 11.1. The van der Waals surface area contributed by atoms with E-state index in [1.165, 1.54) is 12.8 Å². The van der Waals surface area contributed by atoms with Crippen LogP contribution in [0.4, 0.5) is 0 Å². The number of carbonyl (C=O) groups is 2. The smallest absolute Gasteiger partial charge is 0.271 e. The molecule has 6 heteroatoms. The molecule has 1 aliphatic heterocycles. The highest BCUT2D eigenvalue weighted by atomic mass is 16.5. The second kappa shape index (κ2) is 8.94. The Bertz CT molecular complexity index is 1090. The zero-order chi connectivity index (χ0) is 24.0. The first-order valence-corrected chi connectivity index (χ1v) is 13.2. The van der Waals surface area contributed by atoms with E-state index < -0.39 is 5.54 Å². The first-order chi connectivity index (χ1) is 16.3. The summed E-state index contributed by atoms with van der Waals surface area (Å²) in [5, 5.41) is 4.37. The topological polar surface area (TPSA) is 63.6 Å². The SMILES string of the molecule is COc1ccc2cc3n(c2c1)C[C@](C)(C(=O)NC1CCCCC1)N([C@@H]1CCC[C@H](C)[C@H]1C)C3=O. The molecule has 5 rings (SSSR count). The molecular weight excluding hydrogens is 426 g/mol. The van der Waals surface area contributed by atoms with E-state index in [0.29, 0.717) is 24.1 Å². The molecule has 2 saturated carbocycles. The average Bonchev–Trinajstić information content (AvgIpc) is 3.20. The van der Waals surface area contributed by atoms with Gasteiger partial charge in [-0.3, -0.25) is 9.59 Å². The van der Waals surface area contributed by atoms with Gasteiger partial charge >= 0.3 is 0 Å². The van der Waals surface area contributed by atoms with E-state index in [1.807, 2.05) is 40.7 Å². The number of ether oxygens (including phenoxy) is 1. The van der Waals surface area contributed by atoms with Gasteiger partial charge in [-0.25, -0.2) is 0 Å². The lowest BCUT2D eigenvalue weighted by Crippen LogP contribution is -2.68. The fourth-order valence-corrected chi connectivity index (χ4v) is 6.64. The van der Waals surface area contributed by atoms with E-state index in [-0.39, 0.29) is 23.9 Å². The third-order valence-corrected chi connectivity index (χ3v) is 8.97. The number of hydrogen-bond donors (Lipinski definition) is 1. The van der Waals surface area contributed by atoms with Crippen LogP contribution in [-0.2, 0) is 11.3 Å². The van der Waals surface area contributed by atoms with Gasteiger partial charge < -0.3 is 19.5 Å². The Morgan fingerprint density at radius 1 is 1.06 bits per heavy atom. The van der Waals surface area contributed by atoms with Crippen molar-refractivity contribution in [3.63, 3.8) is 0 Å². The summed E-state index contributed by atoms with van der Waals surface area (Å²) in [4.78, 5) is 30.2. The van der Waals surface area contributed by atoms with Gasteiger partial charge in [-0.15, -0.1) is 0 Å². The van der Waals surface area contributed by atoms with E-state index in [2.05, 4.69) is 19.2 Å². The minimum absolute atomic E-state index is 0.00595. The molecular formula is C28H39N3O3. The van der Waals surface area contributed by atoms with Gasteiger partial charge in [-0.1, -0.05) is 46.0 Å². The lowest BCUT2D eigenvalue weighted by Gasteiger charge is -2.52. The first kappa shape index (κ1) is 23.3. The van der Waals surface area contributed by atoms with Crippen LogP contribution in [0.25, 0.3) is 10.9 Å². The number of carbonyl (C=O) groups excluding carboxylic acids is 2. The molecule has 0 bridgehead atoms. The van der Waals surface area contributed by atoms with Crippen molar-refractivity contribution >= 4 is 22.7 Å². The molecule has 4 atom stereocenters. The van der Waals surface area contributed by atoms with Gasteiger partial charge in [0, 0.05) is 23.5 Å². The summed E-state index contributed by atoms with van der Waals surface area (Å²) < 4.78 is 7.51. The van der Waals surface area contributed by atoms with Crippen LogP contribution in [0.1, 0.15) is 82.6 Å². The number of nitrogens with zero attached hydrogens (tertiary/aromatic N) is 2. The van der Waals surface area contributed by atoms with E-state index in [9.17, 15) is 9.59 Å². The van der Waals surface area contributed by atoms with Crippen LogP contribution < -0.4 is 10.1 Å². The first-order valence-electron chi connectivity index (χ1n) is 13.2. The van der Waals surface area contributed by atoms with Crippen molar-refractivity contribution in [3.05, 3.63) is 30.0 Å². The Labute approximate surface area is 203 Å². The number of methoxy groups -OCH3 is 1. The second-order valence-electron chi connectivity index (χ2n) is 11.1. The van der Waals surface area contributed by atoms with Crippen LogP contribution in [0.3, 0.4) is 0 Å². The van der Waals surface area contributed by atoms with Gasteiger partial charge in [-0.2, -0.15) is 0 Å². The third kappa shape index (κ3) is 3.79. The number of benzene rings is 1. The van der Waals surface area contributed by atoms with Gasteiger partial charge in [0.1, 0.15) is 17.0 Å². The summed E-state index contributed by atoms with van der Waals surface area (Å²) in [6, 6.07) is 8.17. The van der Waals surface area contributed by atoms with E-state index >= 15 is 0 Å². The Morgan fingerprint density at radius 2 is 1.82 bits per heavy atom. The Hall–Kier alpha value is -2.50. The predicted octanol–water partition coefficient (Wildman–Crippen LogP) is 5.14. The largest absolute Gasteiger partial charge is 0.497 e. The summed E-state index contributed by atoms with van der Waals surface area (Å²) >= 11 is 0. The Kier molecular flexibility index (Phi) is 6.11. The molecule has 0 saturated heterocycles. The summed E-state index contributed by atoms with van der Waals surface area (Å²) in [5.74, 6) is 1.62. The van der Waals surface area contributed by atoms with Gasteiger partial charge in [-0.05, 0) is 56.2 Å². The molecule has 0 radical (unpaired) electrons. The lowest BCUT2D eigenvalue weighted by atomic mass is 9.75. The van der Waals surface area contributed by atoms with Gasteiger partial charge in [0.25, 0.3) is 5.91 Å². The molecule has 34 heavy (non-hydrogen) atoms. The predicted molar refractivity (Wildman–Crippen MR) is 134 cm³/mol.